The van der Waals surface area contributed by atoms with Crippen molar-refractivity contribution in [3.8, 4) is 5.69 Å². The van der Waals surface area contributed by atoms with Crippen LogP contribution in [0.1, 0.15) is 17.8 Å². The lowest BCUT2D eigenvalue weighted by atomic mass is 10.3. The molecular formula is C21H20ClF3N6O2. The number of halogens is 4. The Morgan fingerprint density at radius 1 is 1.24 bits per heavy atom. The summed E-state index contributed by atoms with van der Waals surface area (Å²) in [5.74, 6) is 0.683. The van der Waals surface area contributed by atoms with Crippen molar-refractivity contribution in [2.75, 3.05) is 23.3 Å². The van der Waals surface area contributed by atoms with Crippen LogP contribution in [-0.4, -0.2) is 45.1 Å². The van der Waals surface area contributed by atoms with Crippen molar-refractivity contribution < 1.29 is 23.1 Å². The molecule has 0 saturated carbocycles. The number of urea groups is 1. The summed E-state index contributed by atoms with van der Waals surface area (Å²) in [6, 6.07) is 9.87. The van der Waals surface area contributed by atoms with E-state index in [1.807, 2.05) is 4.90 Å². The highest BCUT2D eigenvalue weighted by Gasteiger charge is 2.35. The zero-order valence-corrected chi connectivity index (χ0v) is 17.9. The Morgan fingerprint density at radius 2 is 2.06 bits per heavy atom. The number of aliphatic hydroxyl groups excluding tert-OH is 1. The van der Waals surface area contributed by atoms with Crippen LogP contribution in [0.2, 0.25) is 5.02 Å². The van der Waals surface area contributed by atoms with Crippen LogP contribution in [-0.2, 0) is 12.7 Å². The number of nitrogens with zero attached hydrogens (tertiary/aromatic N) is 4. The molecule has 1 aliphatic rings. The summed E-state index contributed by atoms with van der Waals surface area (Å²) in [6.45, 7) is 0.987. The molecule has 2 amide bonds. The number of amides is 2. The fourth-order valence-corrected chi connectivity index (χ4v) is 3.64. The molecule has 8 nitrogen and oxygen atoms in total. The van der Waals surface area contributed by atoms with Crippen molar-refractivity contribution in [1.82, 2.24) is 20.1 Å². The number of hydrogen-bond donors (Lipinski definition) is 3. The normalized spacial score (nSPS) is 16.2. The molecule has 33 heavy (non-hydrogen) atoms. The highest BCUT2D eigenvalue weighted by molar-refractivity contribution is 6.30. The lowest BCUT2D eigenvalue weighted by Gasteiger charge is -2.16. The molecule has 174 valence electrons. The van der Waals surface area contributed by atoms with E-state index in [0.29, 0.717) is 41.7 Å². The Balaban J connectivity index is 1.43. The Hall–Kier alpha value is -3.31. The van der Waals surface area contributed by atoms with Crippen LogP contribution in [0.4, 0.5) is 29.5 Å². The lowest BCUT2D eigenvalue weighted by Crippen LogP contribution is -2.29. The number of carbonyl (C=O) groups excluding carboxylic acids is 1. The van der Waals surface area contributed by atoms with Gasteiger partial charge in [-0.1, -0.05) is 17.7 Å². The molecule has 0 aliphatic carbocycles. The Bertz CT molecular complexity index is 1140. The second-order valence-corrected chi connectivity index (χ2v) is 7.95. The Morgan fingerprint density at radius 3 is 2.70 bits per heavy atom. The van der Waals surface area contributed by atoms with Crippen molar-refractivity contribution in [2.45, 2.75) is 25.2 Å². The van der Waals surface area contributed by atoms with E-state index in [1.54, 1.807) is 30.3 Å². The maximum absolute atomic E-state index is 13.2. The fraction of sp³-hybridized carbons (Fsp3) is 0.286. The molecule has 1 aromatic carbocycles. The first-order chi connectivity index (χ1) is 15.7. The Kier molecular flexibility index (Phi) is 6.43. The van der Waals surface area contributed by atoms with Gasteiger partial charge in [0.15, 0.2) is 5.69 Å². The predicted molar refractivity (Wildman–Crippen MR) is 117 cm³/mol. The minimum Gasteiger partial charge on any atom is -0.391 e. The molecule has 0 bridgehead atoms. The number of β-amino-alcohol motifs (C(OH)–C–C–N with tert-alkyl or cyclic N) is 1. The van der Waals surface area contributed by atoms with Crippen LogP contribution in [0.5, 0.6) is 0 Å². The van der Waals surface area contributed by atoms with Crippen LogP contribution in [0.3, 0.4) is 0 Å². The van der Waals surface area contributed by atoms with E-state index in [-0.39, 0.29) is 18.3 Å². The number of aromatic nitrogens is 3. The van der Waals surface area contributed by atoms with Gasteiger partial charge in [0.25, 0.3) is 0 Å². The van der Waals surface area contributed by atoms with Crippen LogP contribution in [0.15, 0.2) is 48.7 Å². The number of alkyl halides is 3. The first-order valence-corrected chi connectivity index (χ1v) is 10.4. The molecule has 1 aliphatic heterocycles. The number of anilines is 2. The van der Waals surface area contributed by atoms with Crippen molar-refractivity contribution >= 4 is 29.1 Å². The minimum absolute atomic E-state index is 0.126. The van der Waals surface area contributed by atoms with Crippen LogP contribution < -0.4 is 15.5 Å². The first-order valence-electron chi connectivity index (χ1n) is 10.0. The van der Waals surface area contributed by atoms with E-state index in [2.05, 4.69) is 20.7 Å². The summed E-state index contributed by atoms with van der Waals surface area (Å²) in [5, 5.41) is 18.7. The van der Waals surface area contributed by atoms with Gasteiger partial charge in [-0.2, -0.15) is 18.3 Å². The quantitative estimate of drug-likeness (QED) is 0.516. The zero-order chi connectivity index (χ0) is 23.6. The molecule has 4 rings (SSSR count). The number of benzene rings is 1. The maximum Gasteiger partial charge on any atom is 0.435 e. The number of rotatable bonds is 5. The van der Waals surface area contributed by atoms with Gasteiger partial charge in [0.2, 0.25) is 0 Å². The third-order valence-electron chi connectivity index (χ3n) is 5.05. The number of aliphatic hydroxyl groups is 1. The van der Waals surface area contributed by atoms with Crippen LogP contribution >= 0.6 is 11.6 Å². The molecule has 0 unspecified atom stereocenters. The van der Waals surface area contributed by atoms with E-state index in [4.69, 9.17) is 11.6 Å². The number of pyridine rings is 1. The molecule has 1 fully saturated rings. The number of carbonyl (C=O) groups is 1. The van der Waals surface area contributed by atoms with E-state index in [0.717, 1.165) is 10.7 Å². The van der Waals surface area contributed by atoms with E-state index < -0.39 is 17.9 Å². The van der Waals surface area contributed by atoms with E-state index >= 15 is 0 Å². The monoisotopic (exact) mass is 480 g/mol. The lowest BCUT2D eigenvalue weighted by molar-refractivity contribution is -0.141. The largest absolute Gasteiger partial charge is 0.435 e. The highest BCUT2D eigenvalue weighted by Crippen LogP contribution is 2.30. The molecule has 1 atom stereocenters. The van der Waals surface area contributed by atoms with Crippen LogP contribution in [0.25, 0.3) is 5.69 Å². The van der Waals surface area contributed by atoms with Gasteiger partial charge in [-0.15, -0.1) is 0 Å². The van der Waals surface area contributed by atoms with Gasteiger partial charge >= 0.3 is 12.2 Å². The van der Waals surface area contributed by atoms with Gasteiger partial charge in [-0.25, -0.2) is 14.5 Å². The summed E-state index contributed by atoms with van der Waals surface area (Å²) in [4.78, 5) is 18.5. The average Bonchev–Trinajstić information content (AvgIpc) is 3.39. The van der Waals surface area contributed by atoms with Gasteiger partial charge in [-0.3, -0.25) is 0 Å². The van der Waals surface area contributed by atoms with Crippen LogP contribution in [0, 0.1) is 0 Å². The predicted octanol–water partition coefficient (Wildman–Crippen LogP) is 3.83. The molecular weight excluding hydrogens is 461 g/mol. The van der Waals surface area contributed by atoms with E-state index in [9.17, 15) is 23.1 Å². The summed E-state index contributed by atoms with van der Waals surface area (Å²) in [6.07, 6.45) is -2.88. The highest BCUT2D eigenvalue weighted by atomic mass is 35.5. The van der Waals surface area contributed by atoms with Crippen molar-refractivity contribution in [3.05, 3.63) is 65.1 Å². The Labute approximate surface area is 192 Å². The topological polar surface area (TPSA) is 95.3 Å². The van der Waals surface area contributed by atoms with Gasteiger partial charge in [-0.05, 0) is 42.8 Å². The third kappa shape index (κ3) is 5.55. The standard InChI is InChI=1S/C21H20ClF3N6O2/c22-13-2-1-3-15(8-13)31-16(9-18(29-31)21(23,24)25)11-27-20(33)28-14-4-5-19(26-10-14)30-7-6-17(32)12-30/h1-5,8-10,17,32H,6-7,11-12H2,(H2,27,28,33)/t17-/m0/s1. The molecule has 0 radical (unpaired) electrons. The zero-order valence-electron chi connectivity index (χ0n) is 17.2. The molecule has 1 saturated heterocycles. The van der Waals surface area contributed by atoms with Gasteiger partial charge in [0, 0.05) is 18.1 Å². The number of nitrogens with one attached hydrogen (secondary N) is 2. The summed E-state index contributed by atoms with van der Waals surface area (Å²) in [5.41, 5.74) is -0.204. The SMILES string of the molecule is O=C(NCc1cc(C(F)(F)F)nn1-c1cccc(Cl)c1)Nc1ccc(N2CC[C@H](O)C2)nc1. The molecule has 3 heterocycles. The fourth-order valence-electron chi connectivity index (χ4n) is 3.46. The maximum atomic E-state index is 13.2. The molecule has 12 heteroatoms. The minimum atomic E-state index is -4.64. The van der Waals surface area contributed by atoms with Crippen molar-refractivity contribution in [2.24, 2.45) is 0 Å². The van der Waals surface area contributed by atoms with Gasteiger partial charge in [0.1, 0.15) is 5.82 Å². The molecule has 2 aromatic heterocycles. The first kappa shape index (κ1) is 22.9. The molecule has 3 N–H and O–H groups in total. The second-order valence-electron chi connectivity index (χ2n) is 7.51. The van der Waals surface area contributed by atoms with Gasteiger partial charge in [0.05, 0.1) is 35.9 Å². The summed E-state index contributed by atoms with van der Waals surface area (Å²) >= 11 is 5.96. The van der Waals surface area contributed by atoms with E-state index in [1.165, 1.54) is 12.3 Å². The second kappa shape index (κ2) is 9.28. The smallest absolute Gasteiger partial charge is 0.391 e. The third-order valence-corrected chi connectivity index (χ3v) is 5.28. The van der Waals surface area contributed by atoms with Gasteiger partial charge < -0.3 is 20.6 Å². The summed E-state index contributed by atoms with van der Waals surface area (Å²) in [7, 11) is 0. The average molecular weight is 481 g/mol. The van der Waals surface area contributed by atoms with Crippen molar-refractivity contribution in [1.29, 1.82) is 0 Å². The molecule has 0 spiro atoms. The molecule has 3 aromatic rings. The number of hydrogen-bond acceptors (Lipinski definition) is 5. The van der Waals surface area contributed by atoms with Crippen molar-refractivity contribution in [3.63, 3.8) is 0 Å². The summed E-state index contributed by atoms with van der Waals surface area (Å²) < 4.78 is 40.7.